The summed E-state index contributed by atoms with van der Waals surface area (Å²) in [6.45, 7) is 3.63. The Morgan fingerprint density at radius 3 is 2.58 bits per heavy atom. The monoisotopic (exact) mass is 323 g/mol. The van der Waals surface area contributed by atoms with Crippen LogP contribution in [-0.4, -0.2) is 26.8 Å². The second kappa shape index (κ2) is 5.23. The number of benzene rings is 1. The van der Waals surface area contributed by atoms with E-state index in [1.807, 2.05) is 37.4 Å². The van der Waals surface area contributed by atoms with Gasteiger partial charge in [0.1, 0.15) is 0 Å². The number of aromatic amines is 3. The second-order valence-corrected chi connectivity index (χ2v) is 6.09. The summed E-state index contributed by atoms with van der Waals surface area (Å²) in [7, 11) is 0. The van der Waals surface area contributed by atoms with Gasteiger partial charge in [-0.3, -0.25) is 14.7 Å². The van der Waals surface area contributed by atoms with E-state index in [4.69, 9.17) is 0 Å². The molecule has 0 saturated heterocycles. The molecule has 2 atom stereocenters. The fraction of sp³-hybridized carbons (Fsp3) is 0.235. The molecule has 4 N–H and O–H groups in total. The van der Waals surface area contributed by atoms with Crippen LogP contribution in [0.4, 0.5) is 0 Å². The number of nitrogens with one attached hydrogen (secondary N) is 4. The zero-order chi connectivity index (χ0) is 16.8. The van der Waals surface area contributed by atoms with Crippen molar-refractivity contribution in [3.63, 3.8) is 0 Å². The highest BCUT2D eigenvalue weighted by atomic mass is 16.2. The van der Waals surface area contributed by atoms with Gasteiger partial charge in [0.25, 0.3) is 5.56 Å². The predicted molar refractivity (Wildman–Crippen MR) is 91.0 cm³/mol. The molecule has 7 heteroatoms. The summed E-state index contributed by atoms with van der Waals surface area (Å²) in [6, 6.07) is 7.85. The summed E-state index contributed by atoms with van der Waals surface area (Å²) >= 11 is 0. The number of aromatic nitrogens is 3. The van der Waals surface area contributed by atoms with Gasteiger partial charge in [-0.2, -0.15) is 5.10 Å². The number of H-pyrrole nitrogens is 3. The SMILES string of the molecule is CC1=NNC(=O)[C@@H]1[C@H](c1c(C)[nH][nH]c1=O)c1c[nH]c2ccccc12. The van der Waals surface area contributed by atoms with E-state index in [0.717, 1.165) is 22.2 Å². The van der Waals surface area contributed by atoms with E-state index in [1.54, 1.807) is 6.92 Å². The minimum Gasteiger partial charge on any atom is -0.361 e. The van der Waals surface area contributed by atoms with Gasteiger partial charge in [0.15, 0.2) is 0 Å². The van der Waals surface area contributed by atoms with Crippen molar-refractivity contribution in [1.29, 1.82) is 0 Å². The normalized spacial score (nSPS) is 18.7. The quantitative estimate of drug-likeness (QED) is 0.589. The Kier molecular flexibility index (Phi) is 3.16. The van der Waals surface area contributed by atoms with Crippen molar-refractivity contribution in [3.05, 3.63) is 57.6 Å². The first-order chi connectivity index (χ1) is 11.6. The highest BCUT2D eigenvalue weighted by Crippen LogP contribution is 2.38. The molecule has 3 aromatic rings. The predicted octanol–water partition coefficient (Wildman–Crippen LogP) is 1.75. The van der Waals surface area contributed by atoms with Crippen LogP contribution in [0.5, 0.6) is 0 Å². The molecule has 0 spiro atoms. The van der Waals surface area contributed by atoms with Gasteiger partial charge in [-0.1, -0.05) is 18.2 Å². The first kappa shape index (κ1) is 14.5. The van der Waals surface area contributed by atoms with E-state index in [-0.39, 0.29) is 11.5 Å². The lowest BCUT2D eigenvalue weighted by molar-refractivity contribution is -0.122. The largest absolute Gasteiger partial charge is 0.361 e. The van der Waals surface area contributed by atoms with Crippen molar-refractivity contribution < 1.29 is 4.79 Å². The highest BCUT2D eigenvalue weighted by Gasteiger charge is 2.40. The van der Waals surface area contributed by atoms with Gasteiger partial charge in [-0.05, 0) is 25.5 Å². The number of aryl methyl sites for hydroxylation is 1. The fourth-order valence-corrected chi connectivity index (χ4v) is 3.55. The van der Waals surface area contributed by atoms with Gasteiger partial charge in [-0.25, -0.2) is 5.43 Å². The van der Waals surface area contributed by atoms with Crippen molar-refractivity contribution in [1.82, 2.24) is 20.6 Å². The van der Waals surface area contributed by atoms with Crippen LogP contribution in [0.1, 0.15) is 29.7 Å². The molecule has 0 radical (unpaired) electrons. The van der Waals surface area contributed by atoms with Crippen molar-refractivity contribution in [2.45, 2.75) is 19.8 Å². The Bertz CT molecular complexity index is 1020. The Morgan fingerprint density at radius 2 is 1.92 bits per heavy atom. The van der Waals surface area contributed by atoms with Gasteiger partial charge in [0.05, 0.1) is 5.92 Å². The molecule has 122 valence electrons. The summed E-state index contributed by atoms with van der Waals surface area (Å²) in [5.74, 6) is -1.12. The van der Waals surface area contributed by atoms with Crippen molar-refractivity contribution in [2.24, 2.45) is 11.0 Å². The number of fused-ring (bicyclic) bond motifs is 1. The molecular weight excluding hydrogens is 306 g/mol. The van der Waals surface area contributed by atoms with Crippen LogP contribution in [0, 0.1) is 12.8 Å². The minimum absolute atomic E-state index is 0.192. The maximum atomic E-state index is 12.4. The fourth-order valence-electron chi connectivity index (χ4n) is 3.55. The number of nitrogens with zero attached hydrogens (tertiary/aromatic N) is 1. The molecule has 0 bridgehead atoms. The highest BCUT2D eigenvalue weighted by molar-refractivity contribution is 6.08. The zero-order valence-corrected chi connectivity index (χ0v) is 13.3. The van der Waals surface area contributed by atoms with Gasteiger partial charge >= 0.3 is 0 Å². The van der Waals surface area contributed by atoms with Crippen LogP contribution in [0.2, 0.25) is 0 Å². The number of hydrazone groups is 1. The number of carbonyl (C=O) groups is 1. The molecule has 1 aliphatic rings. The molecule has 1 aliphatic heterocycles. The molecule has 1 aromatic carbocycles. The summed E-state index contributed by atoms with van der Waals surface area (Å²) in [6.07, 6.45) is 1.88. The van der Waals surface area contributed by atoms with Crippen LogP contribution >= 0.6 is 0 Å². The Balaban J connectivity index is 1.99. The Hall–Kier alpha value is -3.09. The molecular formula is C17H17N5O2. The van der Waals surface area contributed by atoms with Crippen LogP contribution < -0.4 is 11.0 Å². The first-order valence-electron chi connectivity index (χ1n) is 7.75. The Labute approximate surface area is 137 Å². The molecule has 3 heterocycles. The number of rotatable bonds is 3. The van der Waals surface area contributed by atoms with E-state index in [2.05, 4.69) is 25.7 Å². The molecule has 1 amide bonds. The van der Waals surface area contributed by atoms with E-state index < -0.39 is 11.8 Å². The topological polar surface area (TPSA) is 106 Å². The molecule has 0 aliphatic carbocycles. The molecule has 4 rings (SSSR count). The Morgan fingerprint density at radius 1 is 1.12 bits per heavy atom. The third kappa shape index (κ3) is 2.01. The van der Waals surface area contributed by atoms with Gasteiger partial charge in [-0.15, -0.1) is 0 Å². The molecule has 7 nitrogen and oxygen atoms in total. The van der Waals surface area contributed by atoms with Crippen LogP contribution in [0.3, 0.4) is 0 Å². The zero-order valence-electron chi connectivity index (χ0n) is 13.3. The smallest absolute Gasteiger partial charge is 0.267 e. The average molecular weight is 323 g/mol. The van der Waals surface area contributed by atoms with E-state index in [9.17, 15) is 9.59 Å². The van der Waals surface area contributed by atoms with Crippen LogP contribution in [0.15, 0.2) is 40.4 Å². The summed E-state index contributed by atoms with van der Waals surface area (Å²) < 4.78 is 0. The third-order valence-electron chi connectivity index (χ3n) is 4.69. The molecule has 0 fully saturated rings. The number of para-hydroxylation sites is 1. The van der Waals surface area contributed by atoms with E-state index >= 15 is 0 Å². The summed E-state index contributed by atoms with van der Waals surface area (Å²) in [4.78, 5) is 28.1. The summed E-state index contributed by atoms with van der Waals surface area (Å²) in [5, 5.41) is 10.5. The first-order valence-corrected chi connectivity index (χ1v) is 7.75. The minimum atomic E-state index is -0.514. The third-order valence-corrected chi connectivity index (χ3v) is 4.69. The maximum Gasteiger partial charge on any atom is 0.267 e. The van der Waals surface area contributed by atoms with Gasteiger partial charge in [0.2, 0.25) is 5.91 Å². The second-order valence-electron chi connectivity index (χ2n) is 6.09. The van der Waals surface area contributed by atoms with Crippen molar-refractivity contribution in [2.75, 3.05) is 0 Å². The van der Waals surface area contributed by atoms with Crippen molar-refractivity contribution >= 4 is 22.5 Å². The number of hydrogen-bond donors (Lipinski definition) is 4. The standard InChI is InChI=1S/C17H17N5O2/c1-8-13(16(23)21-19-8)15(14-9(2)20-22-17(14)24)11-7-18-12-6-4-3-5-10(11)12/h3-7,13,15,18H,1-2H3,(H,21,23)(H2,20,22,24)/t13-,15+/m0/s1. The van der Waals surface area contributed by atoms with Crippen LogP contribution in [0.25, 0.3) is 10.9 Å². The average Bonchev–Trinajstić information content (AvgIpc) is 3.23. The molecule has 2 aromatic heterocycles. The molecule has 0 saturated carbocycles. The summed E-state index contributed by atoms with van der Waals surface area (Å²) in [5.41, 5.74) is 6.16. The van der Waals surface area contributed by atoms with Crippen LogP contribution in [-0.2, 0) is 4.79 Å². The van der Waals surface area contributed by atoms with Gasteiger partial charge in [0, 0.05) is 40.0 Å². The number of hydrogen-bond acceptors (Lipinski definition) is 3. The molecule has 0 unspecified atom stereocenters. The van der Waals surface area contributed by atoms with Gasteiger partial charge < -0.3 is 10.1 Å². The lowest BCUT2D eigenvalue weighted by Gasteiger charge is -2.21. The number of amides is 1. The lowest BCUT2D eigenvalue weighted by Crippen LogP contribution is -2.31. The number of carbonyl (C=O) groups excluding carboxylic acids is 1. The van der Waals surface area contributed by atoms with E-state index in [0.29, 0.717) is 11.3 Å². The lowest BCUT2D eigenvalue weighted by atomic mass is 9.78. The maximum absolute atomic E-state index is 12.4. The van der Waals surface area contributed by atoms with Crippen molar-refractivity contribution in [3.8, 4) is 0 Å². The molecule has 24 heavy (non-hydrogen) atoms. The van der Waals surface area contributed by atoms with E-state index in [1.165, 1.54) is 0 Å².